The van der Waals surface area contributed by atoms with Crippen molar-refractivity contribution in [3.05, 3.63) is 34.6 Å². The number of hydrogen-bond donors (Lipinski definition) is 1. The number of likely N-dealkylation sites (N-methyl/N-ethyl adjacent to an activating group) is 1. The van der Waals surface area contributed by atoms with Crippen LogP contribution in [-0.2, 0) is 0 Å². The van der Waals surface area contributed by atoms with Crippen LogP contribution in [0.1, 0.15) is 24.2 Å². The average molecular weight is 342 g/mol. The van der Waals surface area contributed by atoms with Gasteiger partial charge < -0.3 is 15.1 Å². The molecule has 1 saturated heterocycles. The third kappa shape index (κ3) is 5.44. The van der Waals surface area contributed by atoms with Gasteiger partial charge in [0.2, 0.25) is 0 Å². The summed E-state index contributed by atoms with van der Waals surface area (Å²) in [7, 11) is 0. The van der Waals surface area contributed by atoms with Crippen molar-refractivity contribution in [1.82, 2.24) is 15.1 Å². The van der Waals surface area contributed by atoms with E-state index in [4.69, 9.17) is 11.6 Å². The predicted molar refractivity (Wildman–Crippen MR) is 91.5 cm³/mol. The van der Waals surface area contributed by atoms with Crippen molar-refractivity contribution in [2.75, 3.05) is 45.8 Å². The van der Waals surface area contributed by atoms with Gasteiger partial charge in [0.05, 0.1) is 5.02 Å². The topological polar surface area (TPSA) is 35.6 Å². The second-order valence-electron chi connectivity index (χ2n) is 6.18. The van der Waals surface area contributed by atoms with Gasteiger partial charge in [-0.1, -0.05) is 25.4 Å². The monoisotopic (exact) mass is 341 g/mol. The van der Waals surface area contributed by atoms with Crippen LogP contribution in [0.25, 0.3) is 0 Å². The molecule has 23 heavy (non-hydrogen) atoms. The molecule has 1 aliphatic heterocycles. The van der Waals surface area contributed by atoms with Crippen molar-refractivity contribution in [1.29, 1.82) is 0 Å². The van der Waals surface area contributed by atoms with E-state index in [1.54, 1.807) is 0 Å². The fraction of sp³-hybridized carbons (Fsp3) is 0.588. The molecule has 2 rings (SSSR count). The van der Waals surface area contributed by atoms with Gasteiger partial charge in [-0.25, -0.2) is 4.39 Å². The molecule has 1 aliphatic rings. The number of halogens is 2. The number of nitrogens with zero attached hydrogens (tertiary/aromatic N) is 2. The van der Waals surface area contributed by atoms with Crippen LogP contribution >= 0.6 is 11.6 Å². The summed E-state index contributed by atoms with van der Waals surface area (Å²) in [5, 5.41) is 2.87. The van der Waals surface area contributed by atoms with Crippen LogP contribution < -0.4 is 5.32 Å². The second kappa shape index (κ2) is 8.62. The average Bonchev–Trinajstić information content (AvgIpc) is 2.56. The van der Waals surface area contributed by atoms with E-state index < -0.39 is 5.82 Å². The molecule has 0 radical (unpaired) electrons. The molecule has 128 valence electrons. The summed E-state index contributed by atoms with van der Waals surface area (Å²) >= 11 is 5.71. The highest BCUT2D eigenvalue weighted by Gasteiger charge is 2.18. The summed E-state index contributed by atoms with van der Waals surface area (Å²) in [6, 6.07) is 4.03. The van der Waals surface area contributed by atoms with Gasteiger partial charge in [-0.3, -0.25) is 4.79 Å². The lowest BCUT2D eigenvalue weighted by atomic mass is 10.1. The molecule has 1 amide bonds. The second-order valence-corrected chi connectivity index (χ2v) is 6.59. The Morgan fingerprint density at radius 3 is 2.57 bits per heavy atom. The summed E-state index contributed by atoms with van der Waals surface area (Å²) in [6.07, 6.45) is 0. The molecule has 0 bridgehead atoms. The van der Waals surface area contributed by atoms with Gasteiger partial charge in [0.1, 0.15) is 5.82 Å². The molecule has 4 nitrogen and oxygen atoms in total. The van der Waals surface area contributed by atoms with Gasteiger partial charge in [0, 0.05) is 44.8 Å². The predicted octanol–water partition coefficient (Wildman–Crippen LogP) is 2.48. The van der Waals surface area contributed by atoms with E-state index in [1.165, 1.54) is 18.2 Å². The smallest absolute Gasteiger partial charge is 0.251 e. The number of benzene rings is 1. The lowest BCUT2D eigenvalue weighted by molar-refractivity contribution is 0.0933. The molecule has 0 spiro atoms. The van der Waals surface area contributed by atoms with Crippen molar-refractivity contribution in [3.8, 4) is 0 Å². The molecule has 1 heterocycles. The highest BCUT2D eigenvalue weighted by molar-refractivity contribution is 6.31. The number of carbonyl (C=O) groups is 1. The van der Waals surface area contributed by atoms with Crippen LogP contribution in [0, 0.1) is 11.7 Å². The standard InChI is InChI=1S/C17H25ClFN3O/c1-3-21-6-8-22(9-7-21)12-13(2)11-20-17(23)14-4-5-16(19)15(18)10-14/h4-5,10,13H,3,6-9,11-12H2,1-2H3,(H,20,23)/t13-/m0/s1. The molecule has 1 aromatic rings. The van der Waals surface area contributed by atoms with E-state index in [0.29, 0.717) is 18.0 Å². The molecule has 0 aromatic heterocycles. The van der Waals surface area contributed by atoms with Gasteiger partial charge in [-0.05, 0) is 30.7 Å². The van der Waals surface area contributed by atoms with Crippen LogP contribution in [-0.4, -0.2) is 61.5 Å². The summed E-state index contributed by atoms with van der Waals surface area (Å²) < 4.78 is 13.1. The van der Waals surface area contributed by atoms with Crippen molar-refractivity contribution in [2.24, 2.45) is 5.92 Å². The van der Waals surface area contributed by atoms with E-state index in [1.807, 2.05) is 0 Å². The largest absolute Gasteiger partial charge is 0.352 e. The minimum atomic E-state index is -0.511. The van der Waals surface area contributed by atoms with Gasteiger partial charge in [0.15, 0.2) is 0 Å². The Morgan fingerprint density at radius 1 is 1.30 bits per heavy atom. The zero-order valence-corrected chi connectivity index (χ0v) is 14.6. The highest BCUT2D eigenvalue weighted by atomic mass is 35.5. The SMILES string of the molecule is CCN1CCN(C[C@@H](C)CNC(=O)c2ccc(F)c(Cl)c2)CC1. The minimum Gasteiger partial charge on any atom is -0.352 e. The Bertz CT molecular complexity index is 533. The lowest BCUT2D eigenvalue weighted by Crippen LogP contribution is -2.48. The Hall–Kier alpha value is -1.17. The van der Waals surface area contributed by atoms with Gasteiger partial charge in [0.25, 0.3) is 5.91 Å². The van der Waals surface area contributed by atoms with E-state index in [2.05, 4.69) is 29.0 Å². The lowest BCUT2D eigenvalue weighted by Gasteiger charge is -2.35. The van der Waals surface area contributed by atoms with Gasteiger partial charge in [-0.2, -0.15) is 0 Å². The quantitative estimate of drug-likeness (QED) is 0.863. The normalized spacial score (nSPS) is 17.9. The van der Waals surface area contributed by atoms with Crippen LogP contribution in [0.3, 0.4) is 0 Å². The van der Waals surface area contributed by atoms with Crippen LogP contribution in [0.15, 0.2) is 18.2 Å². The number of carbonyl (C=O) groups excluding carboxylic acids is 1. The Labute approximate surface area is 142 Å². The molecular formula is C17H25ClFN3O. The summed E-state index contributed by atoms with van der Waals surface area (Å²) in [5.74, 6) is -0.361. The van der Waals surface area contributed by atoms with Crippen molar-refractivity contribution in [3.63, 3.8) is 0 Å². The fourth-order valence-corrected chi connectivity index (χ4v) is 2.98. The van der Waals surface area contributed by atoms with Crippen molar-refractivity contribution in [2.45, 2.75) is 13.8 Å². The highest BCUT2D eigenvalue weighted by Crippen LogP contribution is 2.16. The maximum absolute atomic E-state index is 13.1. The minimum absolute atomic E-state index is 0.0282. The summed E-state index contributed by atoms with van der Waals surface area (Å²) in [4.78, 5) is 17.0. The molecule has 0 saturated carbocycles. The Balaban J connectivity index is 1.74. The van der Waals surface area contributed by atoms with E-state index in [9.17, 15) is 9.18 Å². The van der Waals surface area contributed by atoms with Crippen LogP contribution in [0.4, 0.5) is 4.39 Å². The fourth-order valence-electron chi connectivity index (χ4n) is 2.80. The first-order valence-electron chi connectivity index (χ1n) is 8.17. The van der Waals surface area contributed by atoms with E-state index >= 15 is 0 Å². The molecule has 1 aromatic carbocycles. The molecule has 1 N–H and O–H groups in total. The third-order valence-corrected chi connectivity index (χ3v) is 4.56. The first-order chi connectivity index (χ1) is 11.0. The number of amides is 1. The van der Waals surface area contributed by atoms with E-state index in [-0.39, 0.29) is 10.9 Å². The summed E-state index contributed by atoms with van der Waals surface area (Å²) in [5.41, 5.74) is 0.389. The van der Waals surface area contributed by atoms with Crippen LogP contribution in [0.2, 0.25) is 5.02 Å². The number of piperazine rings is 1. The van der Waals surface area contributed by atoms with Gasteiger partial charge >= 0.3 is 0 Å². The number of hydrogen-bond acceptors (Lipinski definition) is 3. The molecular weight excluding hydrogens is 317 g/mol. The van der Waals surface area contributed by atoms with Crippen molar-refractivity contribution >= 4 is 17.5 Å². The maximum atomic E-state index is 13.1. The molecule has 6 heteroatoms. The molecule has 0 aliphatic carbocycles. The maximum Gasteiger partial charge on any atom is 0.251 e. The van der Waals surface area contributed by atoms with Crippen molar-refractivity contribution < 1.29 is 9.18 Å². The zero-order valence-electron chi connectivity index (χ0n) is 13.8. The molecule has 1 fully saturated rings. The summed E-state index contributed by atoms with van der Waals surface area (Å²) in [6.45, 7) is 11.4. The van der Waals surface area contributed by atoms with Crippen LogP contribution in [0.5, 0.6) is 0 Å². The molecule has 1 atom stereocenters. The Kier molecular flexibility index (Phi) is 6.81. The number of nitrogens with one attached hydrogen (secondary N) is 1. The third-order valence-electron chi connectivity index (χ3n) is 4.27. The van der Waals surface area contributed by atoms with Gasteiger partial charge in [-0.15, -0.1) is 0 Å². The first-order valence-corrected chi connectivity index (χ1v) is 8.55. The number of rotatable bonds is 6. The first kappa shape index (κ1) is 18.2. The molecule has 0 unspecified atom stereocenters. The Morgan fingerprint density at radius 2 is 1.96 bits per heavy atom. The van der Waals surface area contributed by atoms with E-state index in [0.717, 1.165) is 39.3 Å². The zero-order chi connectivity index (χ0) is 16.8.